The maximum absolute atomic E-state index is 11.9. The highest BCUT2D eigenvalue weighted by Crippen LogP contribution is 2.37. The second-order valence-electron chi connectivity index (χ2n) is 4.96. The average Bonchev–Trinajstić information content (AvgIpc) is 2.87. The molecule has 0 spiro atoms. The minimum atomic E-state index is -0.202. The molecule has 4 nitrogen and oxygen atoms in total. The number of hydrogen-bond donors (Lipinski definition) is 3. The Morgan fingerprint density at radius 1 is 1.76 bits per heavy atom. The summed E-state index contributed by atoms with van der Waals surface area (Å²) in [5, 5.41) is 12.9. The molecule has 1 amide bonds. The number of hydrogen-bond acceptors (Lipinski definition) is 2. The lowest BCUT2D eigenvalue weighted by atomic mass is 9.86. The molecular formula is C12H17ClN2O2. The van der Waals surface area contributed by atoms with Crippen molar-refractivity contribution in [1.29, 1.82) is 0 Å². The second kappa shape index (κ2) is 4.70. The Balaban J connectivity index is 2.04. The van der Waals surface area contributed by atoms with Crippen LogP contribution in [-0.4, -0.2) is 28.6 Å². The fourth-order valence-corrected chi connectivity index (χ4v) is 2.57. The number of carbonyl (C=O) groups excluding carboxylic acids is 1. The highest BCUT2D eigenvalue weighted by molar-refractivity contribution is 6.30. The molecule has 0 radical (unpaired) electrons. The van der Waals surface area contributed by atoms with Crippen LogP contribution in [0.4, 0.5) is 0 Å². The van der Waals surface area contributed by atoms with Crippen molar-refractivity contribution < 1.29 is 9.90 Å². The molecule has 1 aromatic rings. The number of nitrogens with one attached hydrogen (secondary N) is 2. The van der Waals surface area contributed by atoms with Gasteiger partial charge in [-0.15, -0.1) is 0 Å². The number of amides is 1. The van der Waals surface area contributed by atoms with Crippen LogP contribution >= 0.6 is 11.6 Å². The molecule has 1 aromatic heterocycles. The van der Waals surface area contributed by atoms with Crippen molar-refractivity contribution >= 4 is 17.5 Å². The van der Waals surface area contributed by atoms with Gasteiger partial charge in [0.15, 0.2) is 0 Å². The molecular weight excluding hydrogens is 240 g/mol. The predicted molar refractivity (Wildman–Crippen MR) is 66.1 cm³/mol. The smallest absolute Gasteiger partial charge is 0.267 e. The van der Waals surface area contributed by atoms with Crippen molar-refractivity contribution in [3.8, 4) is 0 Å². The van der Waals surface area contributed by atoms with Gasteiger partial charge in [-0.05, 0) is 18.9 Å². The van der Waals surface area contributed by atoms with E-state index < -0.39 is 0 Å². The van der Waals surface area contributed by atoms with E-state index in [0.29, 0.717) is 10.7 Å². The van der Waals surface area contributed by atoms with Gasteiger partial charge in [-0.3, -0.25) is 4.79 Å². The summed E-state index contributed by atoms with van der Waals surface area (Å²) in [6.07, 6.45) is 4.47. The summed E-state index contributed by atoms with van der Waals surface area (Å²) in [6, 6.07) is 1.63. The topological polar surface area (TPSA) is 65.1 Å². The number of aliphatic hydroxyl groups excluding tert-OH is 1. The standard InChI is InChI=1S/C12H17ClN2O2/c1-12(7-16)4-2-3-10(12)15-11(17)9-5-8(13)6-14-9/h5-6,10,14,16H,2-4,7H2,1H3,(H,15,17). The molecule has 1 fully saturated rings. The van der Waals surface area contributed by atoms with Gasteiger partial charge in [-0.25, -0.2) is 0 Å². The number of aromatic nitrogens is 1. The first-order valence-corrected chi connectivity index (χ1v) is 6.18. The first kappa shape index (κ1) is 12.5. The third-order valence-corrected chi connectivity index (χ3v) is 3.86. The molecule has 0 aliphatic heterocycles. The first-order chi connectivity index (χ1) is 8.05. The van der Waals surface area contributed by atoms with Crippen LogP contribution in [0.2, 0.25) is 5.02 Å². The SMILES string of the molecule is CC1(CO)CCCC1NC(=O)c1cc(Cl)c[nH]1. The molecule has 94 valence electrons. The summed E-state index contributed by atoms with van der Waals surface area (Å²) >= 11 is 5.75. The first-order valence-electron chi connectivity index (χ1n) is 5.81. The molecule has 1 heterocycles. The molecule has 0 saturated heterocycles. The van der Waals surface area contributed by atoms with Crippen molar-refractivity contribution in [1.82, 2.24) is 10.3 Å². The van der Waals surface area contributed by atoms with E-state index >= 15 is 0 Å². The van der Waals surface area contributed by atoms with E-state index in [-0.39, 0.29) is 24.0 Å². The molecule has 1 saturated carbocycles. The van der Waals surface area contributed by atoms with E-state index in [4.69, 9.17) is 11.6 Å². The molecule has 1 aliphatic rings. The molecule has 0 bridgehead atoms. The average molecular weight is 257 g/mol. The summed E-state index contributed by atoms with van der Waals surface area (Å²) in [7, 11) is 0. The van der Waals surface area contributed by atoms with E-state index in [9.17, 15) is 9.90 Å². The van der Waals surface area contributed by atoms with Crippen LogP contribution in [-0.2, 0) is 0 Å². The van der Waals surface area contributed by atoms with Gasteiger partial charge in [0.2, 0.25) is 0 Å². The van der Waals surface area contributed by atoms with Crippen molar-refractivity contribution in [2.24, 2.45) is 5.41 Å². The fraction of sp³-hybridized carbons (Fsp3) is 0.583. The largest absolute Gasteiger partial charge is 0.396 e. The zero-order valence-electron chi connectivity index (χ0n) is 9.79. The third kappa shape index (κ3) is 2.48. The van der Waals surface area contributed by atoms with Gasteiger partial charge in [0.05, 0.1) is 11.6 Å². The van der Waals surface area contributed by atoms with Crippen LogP contribution in [0.1, 0.15) is 36.7 Å². The number of rotatable bonds is 3. The molecule has 0 aromatic carbocycles. The Labute approximate surface area is 105 Å². The zero-order chi connectivity index (χ0) is 12.5. The summed E-state index contributed by atoms with van der Waals surface area (Å²) in [5.74, 6) is -0.163. The van der Waals surface area contributed by atoms with Crippen LogP contribution < -0.4 is 5.32 Å². The van der Waals surface area contributed by atoms with Gasteiger partial charge in [0.1, 0.15) is 5.69 Å². The molecule has 1 aliphatic carbocycles. The molecule has 17 heavy (non-hydrogen) atoms. The molecule has 2 rings (SSSR count). The normalized spacial score (nSPS) is 28.3. The van der Waals surface area contributed by atoms with Crippen molar-refractivity contribution in [3.63, 3.8) is 0 Å². The van der Waals surface area contributed by atoms with Crippen molar-refractivity contribution in [3.05, 3.63) is 23.0 Å². The van der Waals surface area contributed by atoms with Gasteiger partial charge < -0.3 is 15.4 Å². The van der Waals surface area contributed by atoms with Gasteiger partial charge in [0, 0.05) is 17.7 Å². The van der Waals surface area contributed by atoms with Gasteiger partial charge in [-0.1, -0.05) is 24.9 Å². The van der Waals surface area contributed by atoms with Crippen LogP contribution in [0.5, 0.6) is 0 Å². The lowest BCUT2D eigenvalue weighted by molar-refractivity contribution is 0.0826. The number of aromatic amines is 1. The lowest BCUT2D eigenvalue weighted by Gasteiger charge is -2.29. The Morgan fingerprint density at radius 3 is 3.12 bits per heavy atom. The minimum absolute atomic E-state index is 0.0297. The summed E-state index contributed by atoms with van der Waals surface area (Å²) in [4.78, 5) is 14.8. The molecule has 2 unspecified atom stereocenters. The van der Waals surface area contributed by atoms with Crippen LogP contribution in [0.15, 0.2) is 12.3 Å². The van der Waals surface area contributed by atoms with E-state index in [2.05, 4.69) is 10.3 Å². The van der Waals surface area contributed by atoms with Gasteiger partial charge >= 0.3 is 0 Å². The molecule has 2 atom stereocenters. The fourth-order valence-electron chi connectivity index (χ4n) is 2.40. The number of aliphatic hydroxyl groups is 1. The number of halogens is 1. The van der Waals surface area contributed by atoms with E-state index in [1.807, 2.05) is 6.92 Å². The van der Waals surface area contributed by atoms with Gasteiger partial charge in [0.25, 0.3) is 5.91 Å². The second-order valence-corrected chi connectivity index (χ2v) is 5.40. The Kier molecular flexibility index (Phi) is 3.45. The Hall–Kier alpha value is -1.00. The zero-order valence-corrected chi connectivity index (χ0v) is 10.5. The number of carbonyl (C=O) groups is 1. The number of H-pyrrole nitrogens is 1. The lowest BCUT2D eigenvalue weighted by Crippen LogP contribution is -2.44. The highest BCUT2D eigenvalue weighted by Gasteiger charge is 2.39. The van der Waals surface area contributed by atoms with Crippen LogP contribution in [0.25, 0.3) is 0 Å². The summed E-state index contributed by atoms with van der Waals surface area (Å²) in [6.45, 7) is 2.11. The monoisotopic (exact) mass is 256 g/mol. The van der Waals surface area contributed by atoms with E-state index in [0.717, 1.165) is 19.3 Å². The Bertz CT molecular complexity index is 418. The van der Waals surface area contributed by atoms with E-state index in [1.165, 1.54) is 0 Å². The van der Waals surface area contributed by atoms with Crippen LogP contribution in [0.3, 0.4) is 0 Å². The minimum Gasteiger partial charge on any atom is -0.396 e. The molecule has 3 N–H and O–H groups in total. The van der Waals surface area contributed by atoms with E-state index in [1.54, 1.807) is 12.3 Å². The summed E-state index contributed by atoms with van der Waals surface area (Å²) < 4.78 is 0. The summed E-state index contributed by atoms with van der Waals surface area (Å²) in [5.41, 5.74) is 0.258. The maximum Gasteiger partial charge on any atom is 0.267 e. The van der Waals surface area contributed by atoms with Crippen molar-refractivity contribution in [2.75, 3.05) is 6.61 Å². The van der Waals surface area contributed by atoms with Crippen LogP contribution in [0, 0.1) is 5.41 Å². The maximum atomic E-state index is 11.9. The molecule has 5 heteroatoms. The quantitative estimate of drug-likeness (QED) is 0.774. The predicted octanol–water partition coefficient (Wildman–Crippen LogP) is 1.95. The van der Waals surface area contributed by atoms with Gasteiger partial charge in [-0.2, -0.15) is 0 Å². The highest BCUT2D eigenvalue weighted by atomic mass is 35.5. The van der Waals surface area contributed by atoms with Crippen molar-refractivity contribution in [2.45, 2.75) is 32.2 Å². The Morgan fingerprint density at radius 2 is 2.53 bits per heavy atom. The third-order valence-electron chi connectivity index (χ3n) is 3.64.